The average Bonchev–Trinajstić information content (AvgIpc) is 2.97. The van der Waals surface area contributed by atoms with Crippen molar-refractivity contribution in [1.82, 2.24) is 24.9 Å². The molecule has 2 aromatic heterocycles. The van der Waals surface area contributed by atoms with E-state index in [0.29, 0.717) is 17.6 Å². The van der Waals surface area contributed by atoms with Crippen LogP contribution in [0.3, 0.4) is 0 Å². The average molecular weight is 369 g/mol. The first-order valence-corrected chi connectivity index (χ1v) is 7.66. The fourth-order valence-corrected chi connectivity index (χ4v) is 2.36. The van der Waals surface area contributed by atoms with Gasteiger partial charge in [-0.15, -0.1) is 5.10 Å². The van der Waals surface area contributed by atoms with Gasteiger partial charge >= 0.3 is 6.03 Å². The number of hydrogen-bond acceptors (Lipinski definition) is 4. The summed E-state index contributed by atoms with van der Waals surface area (Å²) in [6.45, 7) is 5.53. The van der Waals surface area contributed by atoms with Crippen molar-refractivity contribution in [2.24, 2.45) is 0 Å². The quantitative estimate of drug-likeness (QED) is 0.837. The lowest BCUT2D eigenvalue weighted by Crippen LogP contribution is -2.31. The van der Waals surface area contributed by atoms with Gasteiger partial charge in [-0.25, -0.2) is 9.48 Å². The van der Waals surface area contributed by atoms with Crippen LogP contribution in [0.2, 0.25) is 0 Å². The van der Waals surface area contributed by atoms with Gasteiger partial charge in [-0.05, 0) is 29.8 Å². The fourth-order valence-electron chi connectivity index (χ4n) is 1.89. The highest BCUT2D eigenvalue weighted by Gasteiger charge is 2.10. The van der Waals surface area contributed by atoms with Crippen molar-refractivity contribution in [1.29, 1.82) is 0 Å². The lowest BCUT2D eigenvalue weighted by atomic mass is 10.4. The van der Waals surface area contributed by atoms with E-state index in [1.54, 1.807) is 27.8 Å². The van der Waals surface area contributed by atoms with Crippen LogP contribution in [0.1, 0.15) is 19.5 Å². The molecular formula is C13H17BrN6O2. The van der Waals surface area contributed by atoms with Gasteiger partial charge in [-0.2, -0.15) is 0 Å². The van der Waals surface area contributed by atoms with Crippen molar-refractivity contribution in [3.8, 4) is 0 Å². The maximum absolute atomic E-state index is 12.0. The Labute approximate surface area is 135 Å². The smallest absolute Gasteiger partial charge is 0.319 e. The topological polar surface area (TPSA) is 93.8 Å². The normalized spacial score (nSPS) is 10.5. The van der Waals surface area contributed by atoms with Crippen molar-refractivity contribution >= 4 is 27.6 Å². The van der Waals surface area contributed by atoms with E-state index in [2.05, 4.69) is 36.9 Å². The Morgan fingerprint density at radius 1 is 1.32 bits per heavy atom. The molecule has 0 saturated carbocycles. The lowest BCUT2D eigenvalue weighted by Gasteiger charge is -2.10. The summed E-state index contributed by atoms with van der Waals surface area (Å²) in [4.78, 5) is 23.9. The Hall–Kier alpha value is -2.16. The Balaban J connectivity index is 2.03. The minimum Gasteiger partial charge on any atom is -0.351 e. The summed E-state index contributed by atoms with van der Waals surface area (Å²) in [7, 11) is 0. The first-order valence-electron chi connectivity index (χ1n) is 6.87. The van der Waals surface area contributed by atoms with Gasteiger partial charge in [-0.3, -0.25) is 4.79 Å². The second kappa shape index (κ2) is 7.21. The zero-order valence-electron chi connectivity index (χ0n) is 12.3. The Morgan fingerprint density at radius 2 is 2.09 bits per heavy atom. The molecule has 0 aliphatic rings. The molecule has 0 unspecified atom stereocenters. The van der Waals surface area contributed by atoms with E-state index in [9.17, 15) is 9.59 Å². The van der Waals surface area contributed by atoms with Crippen molar-refractivity contribution in [2.45, 2.75) is 33.5 Å². The molecule has 0 fully saturated rings. The summed E-state index contributed by atoms with van der Waals surface area (Å²) >= 11 is 3.19. The largest absolute Gasteiger partial charge is 0.351 e. The number of aryl methyl sites for hydroxylation is 2. The van der Waals surface area contributed by atoms with Gasteiger partial charge in [0.1, 0.15) is 5.69 Å². The number of nitrogens with one attached hydrogen (secondary N) is 2. The molecule has 8 nitrogen and oxygen atoms in total. The van der Waals surface area contributed by atoms with Gasteiger partial charge in [0.15, 0.2) is 0 Å². The zero-order chi connectivity index (χ0) is 16.1. The van der Waals surface area contributed by atoms with E-state index >= 15 is 0 Å². The monoisotopic (exact) mass is 368 g/mol. The summed E-state index contributed by atoms with van der Waals surface area (Å²) in [5, 5.41) is 12.9. The van der Waals surface area contributed by atoms with Crippen LogP contribution < -0.4 is 16.1 Å². The number of rotatable bonds is 5. The maximum Gasteiger partial charge on any atom is 0.319 e. The summed E-state index contributed by atoms with van der Waals surface area (Å²) < 4.78 is 3.89. The first kappa shape index (κ1) is 16.2. The van der Waals surface area contributed by atoms with Crippen molar-refractivity contribution in [3.05, 3.63) is 39.0 Å². The number of halogens is 1. The van der Waals surface area contributed by atoms with Crippen molar-refractivity contribution < 1.29 is 4.79 Å². The molecule has 0 spiro atoms. The Morgan fingerprint density at radius 3 is 2.77 bits per heavy atom. The number of hydrogen-bond donors (Lipinski definition) is 2. The highest BCUT2D eigenvalue weighted by molar-refractivity contribution is 9.10. The molecule has 0 aliphatic heterocycles. The zero-order valence-corrected chi connectivity index (χ0v) is 13.9. The molecule has 0 aromatic carbocycles. The van der Waals surface area contributed by atoms with Crippen LogP contribution >= 0.6 is 15.9 Å². The molecular weight excluding hydrogens is 352 g/mol. The standard InChI is InChI=1S/C13H17BrN6O2/c1-3-19-7-10(14)12(21)11(8-19)17-13(22)15-5-9-6-16-18-20(9)4-2/h6-8H,3-5H2,1-2H3,(H2,15,17,22). The second-order valence-electron chi connectivity index (χ2n) is 4.53. The predicted molar refractivity (Wildman–Crippen MR) is 85.6 cm³/mol. The van der Waals surface area contributed by atoms with Crippen LogP contribution in [0, 0.1) is 0 Å². The van der Waals surface area contributed by atoms with Crippen LogP contribution in [0.4, 0.5) is 10.5 Å². The molecule has 2 heterocycles. The van der Waals surface area contributed by atoms with Crippen LogP contribution in [0.5, 0.6) is 0 Å². The first-order chi connectivity index (χ1) is 10.5. The number of amides is 2. The van der Waals surface area contributed by atoms with Gasteiger partial charge in [0, 0.05) is 25.5 Å². The predicted octanol–water partition coefficient (Wildman–Crippen LogP) is 1.56. The van der Waals surface area contributed by atoms with E-state index in [1.807, 2.05) is 13.8 Å². The molecule has 2 rings (SSSR count). The molecule has 22 heavy (non-hydrogen) atoms. The Bertz CT molecular complexity index is 724. The van der Waals surface area contributed by atoms with Gasteiger partial charge in [0.25, 0.3) is 0 Å². The molecule has 2 N–H and O–H groups in total. The molecule has 118 valence electrons. The minimum atomic E-state index is -0.457. The summed E-state index contributed by atoms with van der Waals surface area (Å²) in [5.74, 6) is 0. The Kier molecular flexibility index (Phi) is 5.31. The lowest BCUT2D eigenvalue weighted by molar-refractivity contribution is 0.251. The molecule has 0 atom stereocenters. The van der Waals surface area contributed by atoms with Crippen LogP contribution in [0.25, 0.3) is 0 Å². The third-order valence-electron chi connectivity index (χ3n) is 3.08. The number of carbonyl (C=O) groups is 1. The third-order valence-corrected chi connectivity index (χ3v) is 3.64. The molecule has 0 radical (unpaired) electrons. The highest BCUT2D eigenvalue weighted by Crippen LogP contribution is 2.08. The van der Waals surface area contributed by atoms with Gasteiger partial charge in [0.2, 0.25) is 5.43 Å². The van der Waals surface area contributed by atoms with E-state index in [1.165, 1.54) is 0 Å². The van der Waals surface area contributed by atoms with E-state index < -0.39 is 6.03 Å². The number of nitrogens with zero attached hydrogens (tertiary/aromatic N) is 4. The summed E-state index contributed by atoms with van der Waals surface area (Å²) in [6.07, 6.45) is 4.87. The number of anilines is 1. The second-order valence-corrected chi connectivity index (χ2v) is 5.38. The molecule has 0 aliphatic carbocycles. The van der Waals surface area contributed by atoms with E-state index in [4.69, 9.17) is 0 Å². The summed E-state index contributed by atoms with van der Waals surface area (Å²) in [6, 6.07) is -0.457. The van der Waals surface area contributed by atoms with Gasteiger partial charge in [-0.1, -0.05) is 5.21 Å². The number of pyridine rings is 1. The van der Waals surface area contributed by atoms with Crippen molar-refractivity contribution in [2.75, 3.05) is 5.32 Å². The summed E-state index contributed by atoms with van der Waals surface area (Å²) in [5.41, 5.74) is 0.744. The highest BCUT2D eigenvalue weighted by atomic mass is 79.9. The molecule has 2 aromatic rings. The molecule has 0 saturated heterocycles. The van der Waals surface area contributed by atoms with Gasteiger partial charge in [0.05, 0.1) is 22.9 Å². The molecule has 2 amide bonds. The maximum atomic E-state index is 12.0. The minimum absolute atomic E-state index is 0.218. The number of carbonyl (C=O) groups excluding carboxylic acids is 1. The van der Waals surface area contributed by atoms with Crippen LogP contribution in [-0.4, -0.2) is 25.6 Å². The van der Waals surface area contributed by atoms with Crippen molar-refractivity contribution in [3.63, 3.8) is 0 Å². The fraction of sp³-hybridized carbons (Fsp3) is 0.385. The van der Waals surface area contributed by atoms with E-state index in [-0.39, 0.29) is 17.7 Å². The molecule has 0 bridgehead atoms. The number of aromatic nitrogens is 4. The molecule has 9 heteroatoms. The van der Waals surface area contributed by atoms with Gasteiger partial charge < -0.3 is 15.2 Å². The van der Waals surface area contributed by atoms with Crippen LogP contribution in [0.15, 0.2) is 27.9 Å². The number of urea groups is 1. The van der Waals surface area contributed by atoms with E-state index in [0.717, 1.165) is 5.69 Å². The van der Waals surface area contributed by atoms with Crippen LogP contribution in [-0.2, 0) is 19.6 Å². The third kappa shape index (κ3) is 3.73. The SMILES string of the molecule is CCn1cc(Br)c(=O)c(NC(=O)NCc2cnnn2CC)c1.